The van der Waals surface area contributed by atoms with Crippen molar-refractivity contribution in [3.63, 3.8) is 0 Å². The highest BCUT2D eigenvalue weighted by atomic mass is 79.9. The molecule has 0 unspecified atom stereocenters. The maximum absolute atomic E-state index is 3.55. The summed E-state index contributed by atoms with van der Waals surface area (Å²) in [4.78, 5) is 1.40. The summed E-state index contributed by atoms with van der Waals surface area (Å²) in [7, 11) is 0. The fraction of sp³-hybridized carbons (Fsp3) is 0.636. The van der Waals surface area contributed by atoms with Crippen molar-refractivity contribution in [3.8, 4) is 0 Å². The Bertz CT molecular complexity index is 313. The SMILES string of the molecule is C[C@@H]1CNC[C@H]1CNCc1sccc1Br. The van der Waals surface area contributed by atoms with Gasteiger partial charge in [0.05, 0.1) is 0 Å². The van der Waals surface area contributed by atoms with E-state index in [0.717, 1.165) is 24.9 Å². The van der Waals surface area contributed by atoms with E-state index in [1.807, 2.05) is 11.3 Å². The van der Waals surface area contributed by atoms with Crippen molar-refractivity contribution in [1.29, 1.82) is 0 Å². The van der Waals surface area contributed by atoms with Gasteiger partial charge in [-0.3, -0.25) is 0 Å². The third-order valence-electron chi connectivity index (χ3n) is 3.06. The lowest BCUT2D eigenvalue weighted by molar-refractivity contribution is 0.421. The molecular weight excluding hydrogens is 272 g/mol. The molecule has 0 amide bonds. The predicted octanol–water partition coefficient (Wildman–Crippen LogP) is 2.46. The Morgan fingerprint density at radius 3 is 3.07 bits per heavy atom. The van der Waals surface area contributed by atoms with Crippen LogP contribution in [0.15, 0.2) is 15.9 Å². The molecule has 0 aromatic carbocycles. The van der Waals surface area contributed by atoms with E-state index in [4.69, 9.17) is 0 Å². The fourth-order valence-corrected chi connectivity index (χ4v) is 3.42. The number of thiophene rings is 1. The summed E-state index contributed by atoms with van der Waals surface area (Å²) in [5.74, 6) is 1.60. The molecular formula is C11H17BrN2S. The van der Waals surface area contributed by atoms with Crippen molar-refractivity contribution in [3.05, 3.63) is 20.8 Å². The first kappa shape index (κ1) is 11.6. The Morgan fingerprint density at radius 1 is 1.60 bits per heavy atom. The zero-order chi connectivity index (χ0) is 10.7. The molecule has 1 aromatic heterocycles. The molecule has 1 fully saturated rings. The van der Waals surface area contributed by atoms with Crippen LogP contribution in [0.3, 0.4) is 0 Å². The molecule has 1 aliphatic heterocycles. The van der Waals surface area contributed by atoms with Crippen molar-refractivity contribution in [1.82, 2.24) is 10.6 Å². The lowest BCUT2D eigenvalue weighted by atomic mass is 9.98. The Kier molecular flexibility index (Phi) is 4.20. The second-order valence-electron chi connectivity index (χ2n) is 4.22. The highest BCUT2D eigenvalue weighted by molar-refractivity contribution is 9.10. The van der Waals surface area contributed by atoms with Crippen LogP contribution in [-0.4, -0.2) is 19.6 Å². The maximum Gasteiger partial charge on any atom is 0.0327 e. The van der Waals surface area contributed by atoms with Gasteiger partial charge in [-0.25, -0.2) is 0 Å². The Labute approximate surface area is 104 Å². The number of nitrogens with one attached hydrogen (secondary N) is 2. The van der Waals surface area contributed by atoms with Crippen LogP contribution >= 0.6 is 27.3 Å². The van der Waals surface area contributed by atoms with Gasteiger partial charge in [-0.2, -0.15) is 0 Å². The van der Waals surface area contributed by atoms with Crippen LogP contribution in [0.5, 0.6) is 0 Å². The average Bonchev–Trinajstić information content (AvgIpc) is 2.78. The van der Waals surface area contributed by atoms with Crippen LogP contribution in [0.25, 0.3) is 0 Å². The first-order chi connectivity index (χ1) is 7.27. The molecule has 0 spiro atoms. The van der Waals surface area contributed by atoms with Gasteiger partial charge in [0.2, 0.25) is 0 Å². The summed E-state index contributed by atoms with van der Waals surface area (Å²) >= 11 is 5.36. The van der Waals surface area contributed by atoms with Gasteiger partial charge in [-0.05, 0) is 58.8 Å². The smallest absolute Gasteiger partial charge is 0.0327 e. The van der Waals surface area contributed by atoms with E-state index in [1.165, 1.54) is 22.4 Å². The van der Waals surface area contributed by atoms with E-state index in [0.29, 0.717) is 0 Å². The van der Waals surface area contributed by atoms with E-state index in [-0.39, 0.29) is 0 Å². The minimum absolute atomic E-state index is 0.795. The van der Waals surface area contributed by atoms with Crippen LogP contribution < -0.4 is 10.6 Å². The van der Waals surface area contributed by atoms with Crippen molar-refractivity contribution in [2.75, 3.05) is 19.6 Å². The third kappa shape index (κ3) is 3.03. The maximum atomic E-state index is 3.55. The summed E-state index contributed by atoms with van der Waals surface area (Å²) in [6.07, 6.45) is 0. The normalized spacial score (nSPS) is 26.0. The number of rotatable bonds is 4. The zero-order valence-electron chi connectivity index (χ0n) is 8.92. The second-order valence-corrected chi connectivity index (χ2v) is 6.07. The van der Waals surface area contributed by atoms with Gasteiger partial charge in [0.25, 0.3) is 0 Å². The minimum atomic E-state index is 0.795. The first-order valence-corrected chi connectivity index (χ1v) is 7.08. The van der Waals surface area contributed by atoms with Gasteiger partial charge in [-0.15, -0.1) is 11.3 Å². The van der Waals surface area contributed by atoms with E-state index in [2.05, 4.69) is 44.9 Å². The highest BCUT2D eigenvalue weighted by Gasteiger charge is 2.22. The average molecular weight is 289 g/mol. The lowest BCUT2D eigenvalue weighted by Gasteiger charge is -2.14. The van der Waals surface area contributed by atoms with Gasteiger partial charge in [0, 0.05) is 15.9 Å². The summed E-state index contributed by atoms with van der Waals surface area (Å²) < 4.78 is 1.23. The van der Waals surface area contributed by atoms with Gasteiger partial charge in [0.15, 0.2) is 0 Å². The molecule has 2 heterocycles. The van der Waals surface area contributed by atoms with E-state index in [1.54, 1.807) is 0 Å². The summed E-state index contributed by atoms with van der Waals surface area (Å²) in [5, 5.41) is 9.10. The van der Waals surface area contributed by atoms with Crippen LogP contribution in [0.4, 0.5) is 0 Å². The molecule has 1 aromatic rings. The van der Waals surface area contributed by atoms with Crippen LogP contribution in [0, 0.1) is 11.8 Å². The third-order valence-corrected chi connectivity index (χ3v) is 4.99. The van der Waals surface area contributed by atoms with Gasteiger partial charge < -0.3 is 10.6 Å². The second kappa shape index (κ2) is 5.43. The van der Waals surface area contributed by atoms with E-state index in [9.17, 15) is 0 Å². The van der Waals surface area contributed by atoms with Crippen molar-refractivity contribution in [2.24, 2.45) is 11.8 Å². The van der Waals surface area contributed by atoms with Crippen LogP contribution in [-0.2, 0) is 6.54 Å². The topological polar surface area (TPSA) is 24.1 Å². The van der Waals surface area contributed by atoms with Crippen molar-refractivity contribution >= 4 is 27.3 Å². The van der Waals surface area contributed by atoms with Crippen molar-refractivity contribution in [2.45, 2.75) is 13.5 Å². The standard InChI is InChI=1S/C11H17BrN2S/c1-8-4-13-5-9(8)6-14-7-11-10(12)2-3-15-11/h2-3,8-9,13-14H,4-7H2,1H3/t8-,9+/m1/s1. The molecule has 1 aliphatic rings. The van der Waals surface area contributed by atoms with Crippen LogP contribution in [0.1, 0.15) is 11.8 Å². The van der Waals surface area contributed by atoms with Crippen LogP contribution in [0.2, 0.25) is 0 Å². The number of hydrogen-bond acceptors (Lipinski definition) is 3. The Balaban J connectivity index is 1.73. The first-order valence-electron chi connectivity index (χ1n) is 5.40. The fourth-order valence-electron chi connectivity index (χ4n) is 1.96. The van der Waals surface area contributed by atoms with E-state index < -0.39 is 0 Å². The molecule has 84 valence electrons. The van der Waals surface area contributed by atoms with Gasteiger partial charge in [0.1, 0.15) is 0 Å². The summed E-state index contributed by atoms with van der Waals surface area (Å²) in [6.45, 7) is 6.78. The van der Waals surface area contributed by atoms with Gasteiger partial charge in [-0.1, -0.05) is 6.92 Å². The highest BCUT2D eigenvalue weighted by Crippen LogP contribution is 2.22. The Hall–Kier alpha value is 0.100. The monoisotopic (exact) mass is 288 g/mol. The molecule has 0 bridgehead atoms. The molecule has 2 N–H and O–H groups in total. The molecule has 2 nitrogen and oxygen atoms in total. The molecule has 15 heavy (non-hydrogen) atoms. The molecule has 4 heteroatoms. The molecule has 1 saturated heterocycles. The minimum Gasteiger partial charge on any atom is -0.316 e. The largest absolute Gasteiger partial charge is 0.316 e. The molecule has 0 aliphatic carbocycles. The van der Waals surface area contributed by atoms with Gasteiger partial charge >= 0.3 is 0 Å². The quantitative estimate of drug-likeness (QED) is 0.889. The molecule has 0 radical (unpaired) electrons. The van der Waals surface area contributed by atoms with E-state index >= 15 is 0 Å². The molecule has 2 rings (SSSR count). The predicted molar refractivity (Wildman–Crippen MR) is 69.2 cm³/mol. The lowest BCUT2D eigenvalue weighted by Crippen LogP contribution is -2.26. The summed E-state index contributed by atoms with van der Waals surface area (Å²) in [5.41, 5.74) is 0. The zero-order valence-corrected chi connectivity index (χ0v) is 11.3. The summed E-state index contributed by atoms with van der Waals surface area (Å²) in [6, 6.07) is 2.11. The van der Waals surface area contributed by atoms with Crippen molar-refractivity contribution < 1.29 is 0 Å². The molecule has 0 saturated carbocycles. The number of halogens is 1. The molecule has 2 atom stereocenters. The Morgan fingerprint density at radius 2 is 2.47 bits per heavy atom. The number of hydrogen-bond donors (Lipinski definition) is 2.